The molecule has 0 bridgehead atoms. The maximum absolute atomic E-state index is 13.7. The molecule has 1 aliphatic heterocycles. The Balaban J connectivity index is 2.09. The minimum atomic E-state index is -0.807. The van der Waals surface area contributed by atoms with Crippen LogP contribution in [0.15, 0.2) is 36.4 Å². The summed E-state index contributed by atoms with van der Waals surface area (Å²) in [4.78, 5) is 0. The molecule has 0 unspecified atom stereocenters. The summed E-state index contributed by atoms with van der Waals surface area (Å²) < 4.78 is 26.9. The van der Waals surface area contributed by atoms with Gasteiger partial charge in [-0.05, 0) is 36.1 Å². The van der Waals surface area contributed by atoms with E-state index in [0.29, 0.717) is 11.1 Å². The molecule has 0 fully saturated rings. The number of aryl methyl sites for hydroxylation is 1. The standard InChI is InChI=1S/C15H13F2N/c16-13-5-1-4-12(15(13)17)11-7-6-10-3-2-8-18-14(10)9-11/h1,4-7,9,18H,2-3,8H2. The second-order valence-corrected chi connectivity index (χ2v) is 4.50. The molecular formula is C15H13F2N. The summed E-state index contributed by atoms with van der Waals surface area (Å²) in [5, 5.41) is 3.29. The van der Waals surface area contributed by atoms with Crippen molar-refractivity contribution in [2.45, 2.75) is 12.8 Å². The van der Waals surface area contributed by atoms with E-state index in [2.05, 4.69) is 5.32 Å². The summed E-state index contributed by atoms with van der Waals surface area (Å²) in [7, 11) is 0. The molecule has 2 aromatic carbocycles. The van der Waals surface area contributed by atoms with Crippen LogP contribution in [0.25, 0.3) is 11.1 Å². The Hall–Kier alpha value is -1.90. The van der Waals surface area contributed by atoms with Crippen molar-refractivity contribution in [2.24, 2.45) is 0 Å². The van der Waals surface area contributed by atoms with Gasteiger partial charge in [-0.3, -0.25) is 0 Å². The highest BCUT2D eigenvalue weighted by atomic mass is 19.2. The number of benzene rings is 2. The van der Waals surface area contributed by atoms with Gasteiger partial charge in [0.05, 0.1) is 0 Å². The molecule has 2 aromatic rings. The second-order valence-electron chi connectivity index (χ2n) is 4.50. The van der Waals surface area contributed by atoms with Crippen LogP contribution in [0, 0.1) is 11.6 Å². The summed E-state index contributed by atoms with van der Waals surface area (Å²) in [5.41, 5.74) is 3.29. The highest BCUT2D eigenvalue weighted by Gasteiger charge is 2.13. The topological polar surface area (TPSA) is 12.0 Å². The fraction of sp³-hybridized carbons (Fsp3) is 0.200. The lowest BCUT2D eigenvalue weighted by atomic mass is 9.97. The van der Waals surface area contributed by atoms with Crippen LogP contribution in [0.4, 0.5) is 14.5 Å². The zero-order valence-electron chi connectivity index (χ0n) is 9.84. The Morgan fingerprint density at radius 1 is 1.06 bits per heavy atom. The predicted octanol–water partition coefficient (Wildman–Crippen LogP) is 3.99. The molecule has 0 saturated carbocycles. The molecule has 18 heavy (non-hydrogen) atoms. The van der Waals surface area contributed by atoms with E-state index in [1.165, 1.54) is 11.6 Å². The van der Waals surface area contributed by atoms with Crippen LogP contribution in [0.5, 0.6) is 0 Å². The van der Waals surface area contributed by atoms with Gasteiger partial charge in [-0.25, -0.2) is 8.78 Å². The zero-order chi connectivity index (χ0) is 12.5. The Bertz CT molecular complexity index is 593. The fourth-order valence-electron chi connectivity index (χ4n) is 2.36. The van der Waals surface area contributed by atoms with Gasteiger partial charge in [0.15, 0.2) is 11.6 Å². The van der Waals surface area contributed by atoms with Crippen LogP contribution in [-0.4, -0.2) is 6.54 Å². The van der Waals surface area contributed by atoms with E-state index >= 15 is 0 Å². The minimum absolute atomic E-state index is 0.310. The summed E-state index contributed by atoms with van der Waals surface area (Å²) in [6.07, 6.45) is 2.15. The number of rotatable bonds is 1. The second kappa shape index (κ2) is 4.41. The Morgan fingerprint density at radius 2 is 1.94 bits per heavy atom. The quantitative estimate of drug-likeness (QED) is 0.801. The molecule has 0 aliphatic carbocycles. The van der Waals surface area contributed by atoms with Crippen molar-refractivity contribution < 1.29 is 8.78 Å². The molecule has 0 radical (unpaired) electrons. The number of anilines is 1. The molecule has 0 amide bonds. The first-order valence-corrected chi connectivity index (χ1v) is 6.07. The van der Waals surface area contributed by atoms with Crippen molar-refractivity contribution in [1.82, 2.24) is 0 Å². The average Bonchev–Trinajstić information content (AvgIpc) is 2.41. The Morgan fingerprint density at radius 3 is 2.83 bits per heavy atom. The summed E-state index contributed by atoms with van der Waals surface area (Å²) in [6, 6.07) is 10.00. The summed E-state index contributed by atoms with van der Waals surface area (Å²) >= 11 is 0. The first-order chi connectivity index (χ1) is 8.75. The predicted molar refractivity (Wildman–Crippen MR) is 68.6 cm³/mol. The van der Waals surface area contributed by atoms with Gasteiger partial charge < -0.3 is 5.32 Å². The molecule has 3 rings (SSSR count). The summed E-state index contributed by atoms with van der Waals surface area (Å²) in [6.45, 7) is 0.933. The van der Waals surface area contributed by atoms with E-state index in [-0.39, 0.29) is 0 Å². The zero-order valence-corrected chi connectivity index (χ0v) is 9.84. The molecule has 1 aliphatic rings. The third-order valence-corrected chi connectivity index (χ3v) is 3.31. The lowest BCUT2D eigenvalue weighted by Crippen LogP contribution is -2.11. The molecule has 0 spiro atoms. The van der Waals surface area contributed by atoms with E-state index in [9.17, 15) is 8.78 Å². The van der Waals surface area contributed by atoms with Crippen molar-refractivity contribution in [2.75, 3.05) is 11.9 Å². The largest absolute Gasteiger partial charge is 0.385 e. The van der Waals surface area contributed by atoms with Crippen LogP contribution in [0.3, 0.4) is 0 Å². The number of halogens is 2. The van der Waals surface area contributed by atoms with E-state index in [1.807, 2.05) is 18.2 Å². The number of fused-ring (bicyclic) bond motifs is 1. The monoisotopic (exact) mass is 245 g/mol. The first kappa shape index (κ1) is 11.2. The van der Waals surface area contributed by atoms with Crippen LogP contribution in [-0.2, 0) is 6.42 Å². The molecule has 92 valence electrons. The third-order valence-electron chi connectivity index (χ3n) is 3.31. The van der Waals surface area contributed by atoms with Crippen molar-refractivity contribution in [3.05, 3.63) is 53.6 Å². The Kier molecular flexibility index (Phi) is 2.74. The molecule has 1 N–H and O–H groups in total. The number of nitrogens with one attached hydrogen (secondary N) is 1. The van der Waals surface area contributed by atoms with Crippen LogP contribution in [0.2, 0.25) is 0 Å². The highest BCUT2D eigenvalue weighted by molar-refractivity contribution is 5.71. The smallest absolute Gasteiger partial charge is 0.166 e. The van der Waals surface area contributed by atoms with Gasteiger partial charge in [0.2, 0.25) is 0 Å². The Labute approximate surface area is 104 Å². The lowest BCUT2D eigenvalue weighted by Gasteiger charge is -2.19. The fourth-order valence-corrected chi connectivity index (χ4v) is 2.36. The number of hydrogen-bond acceptors (Lipinski definition) is 1. The van der Waals surface area contributed by atoms with Gasteiger partial charge in [0.1, 0.15) is 0 Å². The van der Waals surface area contributed by atoms with Crippen LogP contribution >= 0.6 is 0 Å². The van der Waals surface area contributed by atoms with Gasteiger partial charge in [-0.1, -0.05) is 24.3 Å². The van der Waals surface area contributed by atoms with Crippen molar-refractivity contribution >= 4 is 5.69 Å². The van der Waals surface area contributed by atoms with Crippen LogP contribution < -0.4 is 5.32 Å². The maximum Gasteiger partial charge on any atom is 0.166 e. The van der Waals surface area contributed by atoms with Gasteiger partial charge in [-0.2, -0.15) is 0 Å². The molecule has 0 aromatic heterocycles. The third kappa shape index (κ3) is 1.86. The normalized spacial score (nSPS) is 13.9. The first-order valence-electron chi connectivity index (χ1n) is 6.07. The lowest BCUT2D eigenvalue weighted by molar-refractivity contribution is 0.511. The van der Waals surface area contributed by atoms with Crippen molar-refractivity contribution in [3.8, 4) is 11.1 Å². The van der Waals surface area contributed by atoms with E-state index in [1.54, 1.807) is 6.07 Å². The van der Waals surface area contributed by atoms with E-state index < -0.39 is 11.6 Å². The number of hydrogen-bond donors (Lipinski definition) is 1. The molecule has 0 atom stereocenters. The average molecular weight is 245 g/mol. The molecule has 1 nitrogen and oxygen atoms in total. The highest BCUT2D eigenvalue weighted by Crippen LogP contribution is 2.30. The minimum Gasteiger partial charge on any atom is -0.385 e. The molecule has 1 heterocycles. The molecule has 0 saturated heterocycles. The van der Waals surface area contributed by atoms with Gasteiger partial charge >= 0.3 is 0 Å². The van der Waals surface area contributed by atoms with Gasteiger partial charge in [-0.15, -0.1) is 0 Å². The SMILES string of the molecule is Fc1cccc(-c2ccc3c(c2)NCCC3)c1F. The van der Waals surface area contributed by atoms with Crippen molar-refractivity contribution in [3.63, 3.8) is 0 Å². The van der Waals surface area contributed by atoms with Crippen LogP contribution in [0.1, 0.15) is 12.0 Å². The maximum atomic E-state index is 13.7. The van der Waals surface area contributed by atoms with Crippen molar-refractivity contribution in [1.29, 1.82) is 0 Å². The van der Waals surface area contributed by atoms with Gasteiger partial charge in [0.25, 0.3) is 0 Å². The van der Waals surface area contributed by atoms with Gasteiger partial charge in [0, 0.05) is 17.8 Å². The van der Waals surface area contributed by atoms with E-state index in [4.69, 9.17) is 0 Å². The summed E-state index contributed by atoms with van der Waals surface area (Å²) in [5.74, 6) is -1.59. The molecule has 3 heteroatoms. The molecular weight excluding hydrogens is 232 g/mol. The van der Waals surface area contributed by atoms with E-state index in [0.717, 1.165) is 31.1 Å².